The number of nitrogens with zero attached hydrogens (tertiary/aromatic N) is 2. The van der Waals surface area contributed by atoms with Crippen LogP contribution in [0.25, 0.3) is 11.1 Å². The van der Waals surface area contributed by atoms with Crippen molar-refractivity contribution in [1.82, 2.24) is 9.55 Å². The number of hydrogen-bond donors (Lipinski definition) is 2. The molecular weight excluding hydrogens is 340 g/mol. The smallest absolute Gasteiger partial charge is 0.336 e. The van der Waals surface area contributed by atoms with Gasteiger partial charge in [-0.2, -0.15) is 0 Å². The Hall–Kier alpha value is -2.92. The molecule has 0 saturated heterocycles. The van der Waals surface area contributed by atoms with Crippen LogP contribution in [0.2, 0.25) is 0 Å². The Morgan fingerprint density at radius 3 is 2.44 bits per heavy atom. The van der Waals surface area contributed by atoms with Gasteiger partial charge in [0.2, 0.25) is 0 Å². The van der Waals surface area contributed by atoms with Crippen LogP contribution in [0.4, 0.5) is 0 Å². The maximum atomic E-state index is 11.4. The largest absolute Gasteiger partial charge is 0.478 e. The molecule has 5 nitrogen and oxygen atoms in total. The highest BCUT2D eigenvalue weighted by Gasteiger charge is 2.14. The van der Waals surface area contributed by atoms with E-state index in [4.69, 9.17) is 0 Å². The van der Waals surface area contributed by atoms with Crippen LogP contribution >= 0.6 is 0 Å². The maximum absolute atomic E-state index is 11.4. The molecule has 0 aliphatic heterocycles. The van der Waals surface area contributed by atoms with Gasteiger partial charge in [-0.15, -0.1) is 0 Å². The molecule has 0 aliphatic rings. The van der Waals surface area contributed by atoms with Crippen molar-refractivity contribution in [1.29, 1.82) is 0 Å². The molecule has 1 aromatic heterocycles. The lowest BCUT2D eigenvalue weighted by molar-refractivity contribution is 0.0697. The van der Waals surface area contributed by atoms with Crippen LogP contribution in [0, 0.1) is 6.92 Å². The Kier molecular flexibility index (Phi) is 5.72. The van der Waals surface area contributed by atoms with Crippen molar-refractivity contribution in [3.05, 3.63) is 76.9 Å². The van der Waals surface area contributed by atoms with Crippen molar-refractivity contribution in [2.24, 2.45) is 0 Å². The van der Waals surface area contributed by atoms with Gasteiger partial charge in [-0.25, -0.2) is 9.78 Å². The molecule has 5 heteroatoms. The molecule has 0 fully saturated rings. The second kappa shape index (κ2) is 8.18. The number of rotatable bonds is 7. The number of benzene rings is 2. The highest BCUT2D eigenvalue weighted by atomic mass is 16.4. The number of aryl methyl sites for hydroxylation is 2. The van der Waals surface area contributed by atoms with E-state index in [2.05, 4.69) is 16.5 Å². The SMILES string of the molecule is CCCc1nc(C)c(CO)n1Cc1ccc(-c2ccccc2C(=O)O)cc1. The first-order valence-electron chi connectivity index (χ1n) is 9.12. The molecule has 0 atom stereocenters. The molecule has 3 aromatic rings. The molecule has 0 saturated carbocycles. The lowest BCUT2D eigenvalue weighted by Gasteiger charge is -2.12. The van der Waals surface area contributed by atoms with E-state index in [0.717, 1.165) is 41.2 Å². The fourth-order valence-electron chi connectivity index (χ4n) is 3.36. The second-order valence-electron chi connectivity index (χ2n) is 6.60. The molecule has 0 unspecified atom stereocenters. The molecule has 0 radical (unpaired) electrons. The normalized spacial score (nSPS) is 10.9. The van der Waals surface area contributed by atoms with Gasteiger partial charge < -0.3 is 14.8 Å². The van der Waals surface area contributed by atoms with Crippen molar-refractivity contribution < 1.29 is 15.0 Å². The summed E-state index contributed by atoms with van der Waals surface area (Å²) in [5.41, 5.74) is 4.67. The molecule has 0 amide bonds. The Labute approximate surface area is 158 Å². The van der Waals surface area contributed by atoms with E-state index in [0.29, 0.717) is 17.7 Å². The minimum absolute atomic E-state index is 0.0351. The van der Waals surface area contributed by atoms with Crippen molar-refractivity contribution in [3.8, 4) is 11.1 Å². The van der Waals surface area contributed by atoms with Crippen LogP contribution in [0.3, 0.4) is 0 Å². The monoisotopic (exact) mass is 364 g/mol. The van der Waals surface area contributed by atoms with Gasteiger partial charge in [-0.1, -0.05) is 49.4 Å². The Morgan fingerprint density at radius 1 is 1.11 bits per heavy atom. The van der Waals surface area contributed by atoms with E-state index >= 15 is 0 Å². The molecule has 3 rings (SSSR count). The minimum atomic E-state index is -0.930. The van der Waals surface area contributed by atoms with Crippen molar-refractivity contribution >= 4 is 5.97 Å². The van der Waals surface area contributed by atoms with Gasteiger partial charge in [0.05, 0.1) is 23.6 Å². The van der Waals surface area contributed by atoms with Crippen LogP contribution in [-0.2, 0) is 19.6 Å². The van der Waals surface area contributed by atoms with Gasteiger partial charge >= 0.3 is 5.97 Å². The topological polar surface area (TPSA) is 75.4 Å². The summed E-state index contributed by atoms with van der Waals surface area (Å²) < 4.78 is 2.08. The minimum Gasteiger partial charge on any atom is -0.478 e. The zero-order chi connectivity index (χ0) is 19.4. The predicted octanol–water partition coefficient (Wildman–Crippen LogP) is 4.05. The van der Waals surface area contributed by atoms with Gasteiger partial charge in [0.1, 0.15) is 5.82 Å². The van der Waals surface area contributed by atoms with Crippen molar-refractivity contribution in [3.63, 3.8) is 0 Å². The summed E-state index contributed by atoms with van der Waals surface area (Å²) in [6.07, 6.45) is 1.86. The molecule has 0 aliphatic carbocycles. The maximum Gasteiger partial charge on any atom is 0.336 e. The number of aromatic carboxylic acids is 1. The van der Waals surface area contributed by atoms with E-state index in [-0.39, 0.29) is 6.61 Å². The van der Waals surface area contributed by atoms with E-state index in [1.807, 2.05) is 43.3 Å². The fraction of sp³-hybridized carbons (Fsp3) is 0.273. The van der Waals surface area contributed by atoms with Gasteiger partial charge in [-0.3, -0.25) is 0 Å². The highest BCUT2D eigenvalue weighted by Crippen LogP contribution is 2.25. The molecule has 1 heterocycles. The average Bonchev–Trinajstić information content (AvgIpc) is 2.97. The number of carboxylic acids is 1. The molecule has 2 aromatic carbocycles. The van der Waals surface area contributed by atoms with Crippen molar-refractivity contribution in [2.45, 2.75) is 39.8 Å². The summed E-state index contributed by atoms with van der Waals surface area (Å²) >= 11 is 0. The van der Waals surface area contributed by atoms with Crippen LogP contribution in [0.15, 0.2) is 48.5 Å². The van der Waals surface area contributed by atoms with Crippen LogP contribution in [0.1, 0.15) is 46.5 Å². The first kappa shape index (κ1) is 18.9. The number of hydrogen-bond acceptors (Lipinski definition) is 3. The standard InChI is InChI=1S/C22H24N2O3/c1-3-6-21-23-15(2)20(14-25)24(21)13-16-9-11-17(12-10-16)18-7-4-5-8-19(18)22(26)27/h4-5,7-12,25H,3,6,13-14H2,1-2H3,(H,26,27). The first-order valence-corrected chi connectivity index (χ1v) is 9.12. The highest BCUT2D eigenvalue weighted by molar-refractivity contribution is 5.95. The quantitative estimate of drug-likeness (QED) is 0.663. The number of aliphatic hydroxyl groups excluding tert-OH is 1. The molecule has 140 valence electrons. The zero-order valence-corrected chi connectivity index (χ0v) is 15.6. The van der Waals surface area contributed by atoms with Crippen molar-refractivity contribution in [2.75, 3.05) is 0 Å². The summed E-state index contributed by atoms with van der Waals surface area (Å²) in [7, 11) is 0. The number of imidazole rings is 1. The molecule has 2 N–H and O–H groups in total. The van der Waals surface area contributed by atoms with E-state index in [9.17, 15) is 15.0 Å². The third kappa shape index (κ3) is 3.93. The summed E-state index contributed by atoms with van der Waals surface area (Å²) in [6, 6.07) is 14.9. The Balaban J connectivity index is 1.91. The van der Waals surface area contributed by atoms with Gasteiger partial charge in [0.15, 0.2) is 0 Å². The van der Waals surface area contributed by atoms with E-state index in [1.165, 1.54) is 0 Å². The lowest BCUT2D eigenvalue weighted by atomic mass is 9.99. The molecule has 0 spiro atoms. The number of carboxylic acid groups (broad SMARTS) is 1. The van der Waals surface area contributed by atoms with Crippen LogP contribution < -0.4 is 0 Å². The Morgan fingerprint density at radius 2 is 1.81 bits per heavy atom. The predicted molar refractivity (Wildman–Crippen MR) is 105 cm³/mol. The lowest BCUT2D eigenvalue weighted by Crippen LogP contribution is -2.09. The first-order chi connectivity index (χ1) is 13.0. The zero-order valence-electron chi connectivity index (χ0n) is 15.6. The molecule has 27 heavy (non-hydrogen) atoms. The third-order valence-corrected chi connectivity index (χ3v) is 4.74. The Bertz CT molecular complexity index is 943. The van der Waals surface area contributed by atoms with Gasteiger partial charge in [0.25, 0.3) is 0 Å². The summed E-state index contributed by atoms with van der Waals surface area (Å²) in [4.78, 5) is 16.0. The fourth-order valence-corrected chi connectivity index (χ4v) is 3.36. The second-order valence-corrected chi connectivity index (χ2v) is 6.60. The summed E-state index contributed by atoms with van der Waals surface area (Å²) in [5, 5.41) is 19.1. The number of aromatic nitrogens is 2. The summed E-state index contributed by atoms with van der Waals surface area (Å²) in [6.45, 7) is 4.63. The van der Waals surface area contributed by atoms with Crippen LogP contribution in [0.5, 0.6) is 0 Å². The van der Waals surface area contributed by atoms with E-state index in [1.54, 1.807) is 12.1 Å². The van der Waals surface area contributed by atoms with Crippen LogP contribution in [-0.4, -0.2) is 25.7 Å². The number of aliphatic hydroxyl groups is 1. The average molecular weight is 364 g/mol. The molecular formula is C22H24N2O3. The van der Waals surface area contributed by atoms with Gasteiger partial charge in [0, 0.05) is 13.0 Å². The van der Waals surface area contributed by atoms with E-state index < -0.39 is 5.97 Å². The molecule has 0 bridgehead atoms. The third-order valence-electron chi connectivity index (χ3n) is 4.74. The summed E-state index contributed by atoms with van der Waals surface area (Å²) in [5.74, 6) is 0.0553. The number of carbonyl (C=O) groups is 1. The van der Waals surface area contributed by atoms with Gasteiger partial charge in [-0.05, 0) is 36.1 Å².